The van der Waals surface area contributed by atoms with Crippen molar-refractivity contribution in [3.05, 3.63) is 33.1 Å². The number of carbonyl (C=O) groups is 1. The second-order valence-corrected chi connectivity index (χ2v) is 4.44. The normalized spacial score (nSPS) is 10.7. The number of aromatic carboxylic acids is 1. The Morgan fingerprint density at radius 1 is 1.29 bits per heavy atom. The average molecular weight is 247 g/mol. The van der Waals surface area contributed by atoms with Crippen molar-refractivity contribution < 1.29 is 9.90 Å². The fraction of sp³-hybridized carbons (Fsp3) is 0. The lowest BCUT2D eigenvalue weighted by Gasteiger charge is -1.98. The zero-order valence-electron chi connectivity index (χ0n) is 6.75. The molecule has 0 unspecified atom stereocenters. The summed E-state index contributed by atoms with van der Waals surface area (Å²) in [4.78, 5) is 10.8. The van der Waals surface area contributed by atoms with Crippen LogP contribution in [0, 0.1) is 0 Å². The summed E-state index contributed by atoms with van der Waals surface area (Å²) in [6.07, 6.45) is 0. The Kier molecular flexibility index (Phi) is 2.39. The highest BCUT2D eigenvalue weighted by atomic mass is 35.5. The lowest BCUT2D eigenvalue weighted by Crippen LogP contribution is -1.96. The summed E-state index contributed by atoms with van der Waals surface area (Å²) in [5.74, 6) is -1.03. The number of hydrogen-bond donors (Lipinski definition) is 1. The van der Waals surface area contributed by atoms with Gasteiger partial charge in [-0.25, -0.2) is 4.79 Å². The van der Waals surface area contributed by atoms with Crippen LogP contribution in [0.1, 0.15) is 10.4 Å². The molecule has 2 rings (SSSR count). The van der Waals surface area contributed by atoms with Crippen molar-refractivity contribution >= 4 is 50.6 Å². The highest BCUT2D eigenvalue weighted by Gasteiger charge is 2.12. The number of thiophene rings is 1. The monoisotopic (exact) mass is 246 g/mol. The van der Waals surface area contributed by atoms with E-state index in [-0.39, 0.29) is 10.6 Å². The molecule has 0 atom stereocenters. The minimum Gasteiger partial charge on any atom is -0.478 e. The molecule has 14 heavy (non-hydrogen) atoms. The van der Waals surface area contributed by atoms with Crippen LogP contribution >= 0.6 is 34.5 Å². The molecule has 0 amide bonds. The third-order valence-corrected chi connectivity index (χ3v) is 3.55. The first kappa shape index (κ1) is 9.77. The standard InChI is InChI=1S/C9H4Cl2O2S/c10-6-1-4-7(11)3-14-8(4)2-5(6)9(12)13/h1-3H,(H,12,13). The lowest BCUT2D eigenvalue weighted by molar-refractivity contribution is 0.0697. The summed E-state index contributed by atoms with van der Waals surface area (Å²) in [7, 11) is 0. The molecule has 0 radical (unpaired) electrons. The predicted octanol–water partition coefficient (Wildman–Crippen LogP) is 3.91. The molecule has 1 N–H and O–H groups in total. The van der Waals surface area contributed by atoms with Gasteiger partial charge in [-0.1, -0.05) is 23.2 Å². The highest BCUT2D eigenvalue weighted by Crippen LogP contribution is 2.33. The second-order valence-electron chi connectivity index (χ2n) is 2.72. The topological polar surface area (TPSA) is 37.3 Å². The molecule has 2 aromatic rings. The highest BCUT2D eigenvalue weighted by molar-refractivity contribution is 7.17. The molecule has 0 aliphatic heterocycles. The van der Waals surface area contributed by atoms with E-state index in [0.29, 0.717) is 5.02 Å². The predicted molar refractivity (Wildman–Crippen MR) is 58.8 cm³/mol. The lowest BCUT2D eigenvalue weighted by atomic mass is 10.2. The summed E-state index contributed by atoms with van der Waals surface area (Å²) < 4.78 is 0.830. The number of hydrogen-bond acceptors (Lipinski definition) is 2. The molecule has 1 heterocycles. The van der Waals surface area contributed by atoms with E-state index in [9.17, 15) is 4.79 Å². The van der Waals surface area contributed by atoms with Gasteiger partial charge < -0.3 is 5.11 Å². The van der Waals surface area contributed by atoms with Gasteiger partial charge in [0, 0.05) is 15.5 Å². The second kappa shape index (κ2) is 3.42. The molecule has 1 aromatic carbocycles. The molecule has 0 saturated carbocycles. The van der Waals surface area contributed by atoms with Crippen molar-refractivity contribution in [1.82, 2.24) is 0 Å². The number of rotatable bonds is 1. The van der Waals surface area contributed by atoms with Crippen molar-refractivity contribution in [3.8, 4) is 0 Å². The van der Waals surface area contributed by atoms with Gasteiger partial charge in [0.2, 0.25) is 0 Å². The van der Waals surface area contributed by atoms with Gasteiger partial charge in [0.1, 0.15) is 0 Å². The van der Waals surface area contributed by atoms with Crippen LogP contribution in [0.5, 0.6) is 0 Å². The van der Waals surface area contributed by atoms with E-state index in [1.54, 1.807) is 11.4 Å². The maximum atomic E-state index is 10.8. The van der Waals surface area contributed by atoms with E-state index in [4.69, 9.17) is 28.3 Å². The smallest absolute Gasteiger partial charge is 0.337 e. The van der Waals surface area contributed by atoms with Crippen LogP contribution in [0.15, 0.2) is 17.5 Å². The maximum absolute atomic E-state index is 10.8. The van der Waals surface area contributed by atoms with Gasteiger partial charge in [-0.2, -0.15) is 0 Å². The van der Waals surface area contributed by atoms with Crippen LogP contribution in [0.3, 0.4) is 0 Å². The van der Waals surface area contributed by atoms with E-state index >= 15 is 0 Å². The van der Waals surface area contributed by atoms with E-state index < -0.39 is 5.97 Å². The van der Waals surface area contributed by atoms with Gasteiger partial charge in [0.05, 0.1) is 15.6 Å². The molecule has 5 heteroatoms. The van der Waals surface area contributed by atoms with Crippen molar-refractivity contribution in [2.75, 3.05) is 0 Å². The van der Waals surface area contributed by atoms with Crippen molar-refractivity contribution in [2.45, 2.75) is 0 Å². The first-order chi connectivity index (χ1) is 6.59. The first-order valence-corrected chi connectivity index (χ1v) is 5.32. The number of benzene rings is 1. The van der Waals surface area contributed by atoms with E-state index in [1.165, 1.54) is 17.4 Å². The van der Waals surface area contributed by atoms with Crippen LogP contribution < -0.4 is 0 Å². The van der Waals surface area contributed by atoms with Gasteiger partial charge in [-0.15, -0.1) is 11.3 Å². The van der Waals surface area contributed by atoms with Crippen molar-refractivity contribution in [3.63, 3.8) is 0 Å². The minimum atomic E-state index is -1.03. The van der Waals surface area contributed by atoms with Gasteiger partial charge >= 0.3 is 5.97 Å². The Balaban J connectivity index is 2.79. The number of carboxylic acids is 1. The van der Waals surface area contributed by atoms with Crippen molar-refractivity contribution in [2.24, 2.45) is 0 Å². The molecule has 2 nitrogen and oxygen atoms in total. The Labute approximate surface area is 93.7 Å². The van der Waals surface area contributed by atoms with Gasteiger partial charge in [0.25, 0.3) is 0 Å². The van der Waals surface area contributed by atoms with Gasteiger partial charge in [0.15, 0.2) is 0 Å². The molecule has 0 aliphatic rings. The van der Waals surface area contributed by atoms with E-state index in [2.05, 4.69) is 0 Å². The molecular formula is C9H4Cl2O2S. The third kappa shape index (κ3) is 1.47. The summed E-state index contributed by atoms with van der Waals surface area (Å²) in [5, 5.41) is 12.2. The first-order valence-electron chi connectivity index (χ1n) is 3.69. The number of halogens is 2. The molecule has 1 aromatic heterocycles. The largest absolute Gasteiger partial charge is 0.478 e. The molecule has 72 valence electrons. The van der Waals surface area contributed by atoms with Crippen LogP contribution in [0.2, 0.25) is 10.0 Å². The van der Waals surface area contributed by atoms with Crippen LogP contribution in [-0.2, 0) is 0 Å². The quantitative estimate of drug-likeness (QED) is 0.829. The number of fused-ring (bicyclic) bond motifs is 1. The molecule has 0 aliphatic carbocycles. The third-order valence-electron chi connectivity index (χ3n) is 1.85. The zero-order chi connectivity index (χ0) is 10.3. The fourth-order valence-corrected chi connectivity index (χ4v) is 2.61. The fourth-order valence-electron chi connectivity index (χ4n) is 1.18. The molecule has 0 spiro atoms. The van der Waals surface area contributed by atoms with Gasteiger partial charge in [-0.05, 0) is 12.1 Å². The average Bonchev–Trinajstić information content (AvgIpc) is 2.46. The Bertz CT molecular complexity index is 519. The van der Waals surface area contributed by atoms with Crippen LogP contribution in [0.4, 0.5) is 0 Å². The summed E-state index contributed by atoms with van der Waals surface area (Å²) in [6.45, 7) is 0. The molecular weight excluding hydrogens is 243 g/mol. The Hall–Kier alpha value is -0.770. The number of carboxylic acid groups (broad SMARTS) is 1. The maximum Gasteiger partial charge on any atom is 0.337 e. The van der Waals surface area contributed by atoms with E-state index in [0.717, 1.165) is 10.1 Å². The van der Waals surface area contributed by atoms with Gasteiger partial charge in [-0.3, -0.25) is 0 Å². The van der Waals surface area contributed by atoms with E-state index in [1.807, 2.05) is 0 Å². The summed E-state index contributed by atoms with van der Waals surface area (Å²) in [5.41, 5.74) is 0.109. The molecule has 0 saturated heterocycles. The summed E-state index contributed by atoms with van der Waals surface area (Å²) >= 11 is 13.1. The van der Waals surface area contributed by atoms with Crippen LogP contribution in [-0.4, -0.2) is 11.1 Å². The zero-order valence-corrected chi connectivity index (χ0v) is 9.08. The Morgan fingerprint density at radius 2 is 2.00 bits per heavy atom. The minimum absolute atomic E-state index is 0.109. The molecule has 0 fully saturated rings. The SMILES string of the molecule is O=C(O)c1cc2scc(Cl)c2cc1Cl. The Morgan fingerprint density at radius 3 is 2.64 bits per heavy atom. The molecule has 0 bridgehead atoms. The summed E-state index contributed by atoms with van der Waals surface area (Å²) in [6, 6.07) is 3.12. The van der Waals surface area contributed by atoms with Crippen LogP contribution in [0.25, 0.3) is 10.1 Å². The van der Waals surface area contributed by atoms with Crippen molar-refractivity contribution in [1.29, 1.82) is 0 Å².